The number of aryl methyl sites for hydroxylation is 3. The van der Waals surface area contributed by atoms with Crippen molar-refractivity contribution in [3.05, 3.63) is 164 Å². The minimum absolute atomic E-state index is 0.00363. The summed E-state index contributed by atoms with van der Waals surface area (Å²) >= 11 is 14.1. The van der Waals surface area contributed by atoms with Crippen molar-refractivity contribution in [2.24, 2.45) is 0 Å². The average Bonchev–Trinajstić information content (AvgIpc) is 3.40. The van der Waals surface area contributed by atoms with Gasteiger partial charge in [0.2, 0.25) is 0 Å². The number of piperazine rings is 2. The maximum Gasteiger partial charge on any atom is 0.261 e. The van der Waals surface area contributed by atoms with Crippen LogP contribution in [0.3, 0.4) is 0 Å². The zero-order valence-electron chi connectivity index (χ0n) is 43.3. The minimum Gasteiger partial charge on any atom is -0.368 e. The number of hydrogen-bond acceptors (Lipinski definition) is 10. The van der Waals surface area contributed by atoms with Gasteiger partial charge >= 0.3 is 0 Å². The maximum atomic E-state index is 14.7. The molecule has 2 saturated heterocycles. The van der Waals surface area contributed by atoms with Gasteiger partial charge in [0, 0.05) is 107 Å². The molecule has 0 unspecified atom stereocenters. The van der Waals surface area contributed by atoms with Crippen molar-refractivity contribution in [3.8, 4) is 0 Å². The first-order valence-electron chi connectivity index (χ1n) is 25.6. The summed E-state index contributed by atoms with van der Waals surface area (Å²) < 4.78 is 60.4. The molecule has 1 aromatic heterocycles. The molecule has 6 aromatic rings. The van der Waals surface area contributed by atoms with Crippen LogP contribution >= 0.6 is 23.2 Å². The number of anilines is 5. The van der Waals surface area contributed by atoms with Crippen molar-refractivity contribution in [1.29, 1.82) is 0 Å². The highest BCUT2D eigenvalue weighted by Gasteiger charge is 2.30. The number of sulfonamides is 2. The highest BCUT2D eigenvalue weighted by atomic mass is 35.5. The zero-order chi connectivity index (χ0) is 53.4. The van der Waals surface area contributed by atoms with Gasteiger partial charge in [-0.25, -0.2) is 21.8 Å². The fourth-order valence-electron chi connectivity index (χ4n) is 9.48. The lowest BCUT2D eigenvalue weighted by Gasteiger charge is -2.37. The molecule has 396 valence electrons. The standard InChI is InChI=1S/C57H66Cl2N8O6S2/c1-6-8-10-41-13-18-45(19-14-41)61-74(70,71)48-22-12-40(3)50(38-48)56(68)66-32-28-65(29-33-66)55-52(58)35-43(36-53(55)59)34-44-17-23-49(75(72,73)62-46-20-15-42(16-21-46)11-9-7-2)39-51(44)57(69)67-30-26-64(27-31-67)47-24-25-60-54(37-47)63(4)5/h12-25,35-39,61-62H,6-11,26-34H2,1-5H3. The highest BCUT2D eigenvalue weighted by Crippen LogP contribution is 2.37. The molecular formula is C57H66Cl2N8O6S2. The van der Waals surface area contributed by atoms with Crippen LogP contribution in [0.4, 0.5) is 28.6 Å². The molecule has 5 aromatic carbocycles. The van der Waals surface area contributed by atoms with Crippen LogP contribution in [0.2, 0.25) is 10.0 Å². The lowest BCUT2D eigenvalue weighted by Crippen LogP contribution is -2.49. The molecule has 18 heteroatoms. The smallest absolute Gasteiger partial charge is 0.261 e. The second-order valence-electron chi connectivity index (χ2n) is 19.5. The molecule has 0 spiro atoms. The number of benzene rings is 5. The highest BCUT2D eigenvalue weighted by molar-refractivity contribution is 7.93. The van der Waals surface area contributed by atoms with E-state index in [1.807, 2.05) is 72.4 Å². The molecule has 0 atom stereocenters. The van der Waals surface area contributed by atoms with Crippen molar-refractivity contribution < 1.29 is 26.4 Å². The van der Waals surface area contributed by atoms with Crippen LogP contribution in [0.1, 0.15) is 88.1 Å². The third kappa shape index (κ3) is 13.4. The second-order valence-corrected chi connectivity index (χ2v) is 23.7. The first kappa shape index (κ1) is 54.9. The van der Waals surface area contributed by atoms with Crippen LogP contribution in [0.5, 0.6) is 0 Å². The summed E-state index contributed by atoms with van der Waals surface area (Å²) in [6.45, 7) is 9.52. The van der Waals surface area contributed by atoms with Crippen molar-refractivity contribution in [2.75, 3.05) is 90.6 Å². The number of halogens is 2. The van der Waals surface area contributed by atoms with Crippen LogP contribution in [-0.4, -0.2) is 110 Å². The van der Waals surface area contributed by atoms with Crippen LogP contribution in [-0.2, 0) is 39.3 Å². The quantitative estimate of drug-likeness (QED) is 0.0801. The summed E-state index contributed by atoms with van der Waals surface area (Å²) in [6, 6.07) is 31.6. The normalized spacial score (nSPS) is 14.2. The van der Waals surface area contributed by atoms with Crippen molar-refractivity contribution >= 4 is 83.6 Å². The molecule has 2 fully saturated rings. The van der Waals surface area contributed by atoms with E-state index in [4.69, 9.17) is 23.2 Å². The Morgan fingerprint density at radius 3 is 1.57 bits per heavy atom. The van der Waals surface area contributed by atoms with Gasteiger partial charge < -0.3 is 24.5 Å². The molecule has 0 radical (unpaired) electrons. The monoisotopic (exact) mass is 1090 g/mol. The van der Waals surface area contributed by atoms with E-state index in [1.54, 1.807) is 59.3 Å². The van der Waals surface area contributed by atoms with E-state index in [0.717, 1.165) is 66.7 Å². The Morgan fingerprint density at radius 1 is 0.587 bits per heavy atom. The molecule has 3 heterocycles. The van der Waals surface area contributed by atoms with Gasteiger partial charge in [-0.2, -0.15) is 0 Å². The Balaban J connectivity index is 0.973. The average molecular weight is 1090 g/mol. The first-order chi connectivity index (χ1) is 35.9. The van der Waals surface area contributed by atoms with E-state index in [9.17, 15) is 26.4 Å². The Bertz CT molecular complexity index is 3210. The molecule has 0 bridgehead atoms. The summed E-state index contributed by atoms with van der Waals surface area (Å²) in [4.78, 5) is 42.7. The zero-order valence-corrected chi connectivity index (χ0v) is 46.4. The van der Waals surface area contributed by atoms with Crippen LogP contribution < -0.4 is 24.1 Å². The summed E-state index contributed by atoms with van der Waals surface area (Å²) in [5.41, 5.74) is 7.30. The predicted octanol–water partition coefficient (Wildman–Crippen LogP) is 10.6. The lowest BCUT2D eigenvalue weighted by molar-refractivity contribution is 0.0738. The molecule has 2 N–H and O–H groups in total. The Hall–Kier alpha value is -6.33. The number of nitrogens with one attached hydrogen (secondary N) is 2. The molecule has 2 aliphatic rings. The summed E-state index contributed by atoms with van der Waals surface area (Å²) in [7, 11) is -4.20. The van der Waals surface area contributed by atoms with E-state index in [2.05, 4.69) is 33.2 Å². The molecular weight excluding hydrogens is 1030 g/mol. The summed E-state index contributed by atoms with van der Waals surface area (Å²) in [5.74, 6) is 0.273. The van der Waals surface area contributed by atoms with Crippen molar-refractivity contribution in [2.45, 2.75) is 75.5 Å². The third-order valence-electron chi connectivity index (χ3n) is 13.9. The summed E-state index contributed by atoms with van der Waals surface area (Å²) in [6.07, 6.45) is 8.07. The number of amides is 2. The SMILES string of the molecule is CCCCc1ccc(NS(=O)(=O)c2ccc(C)c(C(=O)N3CCN(c4c(Cl)cc(Cc5ccc(S(=O)(=O)Nc6ccc(CCCC)cc6)cc5C(=O)N5CCN(c6ccnc(N(C)C)c6)CC5)cc4Cl)CC3)c2)cc1. The predicted molar refractivity (Wildman–Crippen MR) is 303 cm³/mol. The summed E-state index contributed by atoms with van der Waals surface area (Å²) in [5, 5.41) is 0.770. The lowest BCUT2D eigenvalue weighted by atomic mass is 9.98. The minimum atomic E-state index is -4.09. The van der Waals surface area contributed by atoms with Crippen LogP contribution in [0, 0.1) is 6.92 Å². The van der Waals surface area contributed by atoms with Crippen LogP contribution in [0.25, 0.3) is 0 Å². The molecule has 0 aliphatic carbocycles. The van der Waals surface area contributed by atoms with Gasteiger partial charge in [-0.1, -0.05) is 86.3 Å². The third-order valence-corrected chi connectivity index (χ3v) is 17.2. The van der Waals surface area contributed by atoms with E-state index in [0.29, 0.717) is 96.2 Å². The Labute approximate surface area is 452 Å². The molecule has 8 rings (SSSR count). The van der Waals surface area contributed by atoms with Crippen molar-refractivity contribution in [1.82, 2.24) is 14.8 Å². The number of carbonyl (C=O) groups excluding carboxylic acids is 2. The number of rotatable bonds is 19. The topological polar surface area (TPSA) is 156 Å². The number of nitrogens with zero attached hydrogens (tertiary/aromatic N) is 6. The van der Waals surface area contributed by atoms with Gasteiger partial charge in [0.25, 0.3) is 31.9 Å². The fourth-order valence-corrected chi connectivity index (χ4v) is 12.4. The van der Waals surface area contributed by atoms with Gasteiger partial charge in [0.1, 0.15) is 5.82 Å². The van der Waals surface area contributed by atoms with Gasteiger partial charge in [-0.05, 0) is 134 Å². The first-order valence-corrected chi connectivity index (χ1v) is 29.3. The van der Waals surface area contributed by atoms with E-state index < -0.39 is 20.0 Å². The van der Waals surface area contributed by atoms with Crippen LogP contribution in [0.15, 0.2) is 125 Å². The molecule has 0 saturated carbocycles. The number of pyridine rings is 1. The molecule has 2 aliphatic heterocycles. The van der Waals surface area contributed by atoms with E-state index >= 15 is 0 Å². The van der Waals surface area contributed by atoms with Gasteiger partial charge in [-0.3, -0.25) is 19.0 Å². The van der Waals surface area contributed by atoms with Gasteiger partial charge in [0.15, 0.2) is 0 Å². The largest absolute Gasteiger partial charge is 0.368 e. The Kier molecular flexibility index (Phi) is 17.7. The van der Waals surface area contributed by atoms with Gasteiger partial charge in [0.05, 0.1) is 25.5 Å². The number of aromatic nitrogens is 1. The fraction of sp³-hybridized carbons (Fsp3) is 0.351. The van der Waals surface area contributed by atoms with E-state index in [1.165, 1.54) is 24.3 Å². The molecule has 75 heavy (non-hydrogen) atoms. The van der Waals surface area contributed by atoms with E-state index in [-0.39, 0.29) is 33.6 Å². The molecule has 2 amide bonds. The molecule has 14 nitrogen and oxygen atoms in total. The number of hydrogen-bond donors (Lipinski definition) is 2. The van der Waals surface area contributed by atoms with Crippen molar-refractivity contribution in [3.63, 3.8) is 0 Å². The number of unbranched alkanes of at least 4 members (excludes halogenated alkanes) is 2. The number of carbonyl (C=O) groups is 2. The second kappa shape index (κ2) is 24.1. The van der Waals surface area contributed by atoms with Gasteiger partial charge in [-0.15, -0.1) is 0 Å². The Morgan fingerprint density at radius 2 is 1.07 bits per heavy atom. The maximum absolute atomic E-state index is 14.7.